The van der Waals surface area contributed by atoms with Crippen LogP contribution in [0, 0.1) is 24.7 Å². The molecule has 16 heavy (non-hydrogen) atoms. The van der Waals surface area contributed by atoms with Gasteiger partial charge in [0, 0.05) is 13.6 Å². The average Bonchev–Trinajstić information content (AvgIpc) is 2.95. The number of rotatable bonds is 3. The zero-order valence-electron chi connectivity index (χ0n) is 9.98. The lowest BCUT2D eigenvalue weighted by atomic mass is 9.93. The number of hydrogen-bond acceptors (Lipinski definition) is 2. The Labute approximate surface area is 96.5 Å². The van der Waals surface area contributed by atoms with E-state index in [4.69, 9.17) is 0 Å². The second-order valence-corrected chi connectivity index (χ2v) is 5.19. The highest BCUT2D eigenvalue weighted by Gasteiger charge is 2.35. The number of anilines is 1. The highest BCUT2D eigenvalue weighted by molar-refractivity contribution is 5.45. The summed E-state index contributed by atoms with van der Waals surface area (Å²) in [5.74, 6) is 2.52. The summed E-state index contributed by atoms with van der Waals surface area (Å²) in [6, 6.07) is 0. The lowest BCUT2D eigenvalue weighted by Crippen LogP contribution is -2.18. The number of aryl methyl sites for hydroxylation is 1. The third kappa shape index (κ3) is 1.55. The Morgan fingerprint density at radius 2 is 2.31 bits per heavy atom. The van der Waals surface area contributed by atoms with Gasteiger partial charge in [-0.1, -0.05) is 12.2 Å². The van der Waals surface area contributed by atoms with Gasteiger partial charge in [-0.15, -0.1) is 0 Å². The van der Waals surface area contributed by atoms with Crippen molar-refractivity contribution in [1.29, 1.82) is 0 Å². The molecular weight excluding hydrogens is 198 g/mol. The van der Waals surface area contributed by atoms with Crippen LogP contribution >= 0.6 is 0 Å². The van der Waals surface area contributed by atoms with Crippen LogP contribution in [0.1, 0.15) is 18.5 Å². The normalized spacial score (nSPS) is 31.2. The summed E-state index contributed by atoms with van der Waals surface area (Å²) in [7, 11) is 1.99. The molecule has 3 heteroatoms. The molecule has 1 N–H and O–H groups in total. The maximum absolute atomic E-state index is 4.25. The highest BCUT2D eigenvalue weighted by atomic mass is 15.3. The fraction of sp³-hybridized carbons (Fsp3) is 0.615. The molecule has 0 saturated heterocycles. The van der Waals surface area contributed by atoms with Crippen LogP contribution in [-0.2, 0) is 7.05 Å². The van der Waals surface area contributed by atoms with E-state index in [-0.39, 0.29) is 0 Å². The van der Waals surface area contributed by atoms with Gasteiger partial charge in [-0.25, -0.2) is 0 Å². The van der Waals surface area contributed by atoms with E-state index < -0.39 is 0 Å². The Morgan fingerprint density at radius 1 is 1.44 bits per heavy atom. The fourth-order valence-corrected chi connectivity index (χ4v) is 3.04. The van der Waals surface area contributed by atoms with E-state index in [1.807, 2.05) is 17.9 Å². The average molecular weight is 217 g/mol. The van der Waals surface area contributed by atoms with Crippen LogP contribution in [-0.4, -0.2) is 16.3 Å². The topological polar surface area (TPSA) is 29.9 Å². The molecule has 1 aromatic rings. The quantitative estimate of drug-likeness (QED) is 0.788. The van der Waals surface area contributed by atoms with Gasteiger partial charge in [-0.3, -0.25) is 4.68 Å². The first-order chi connectivity index (χ1) is 7.74. The SMILES string of the molecule is Cc1c(NCC2CC3C=CC2C3)cnn1C. The molecule has 3 nitrogen and oxygen atoms in total. The van der Waals surface area contributed by atoms with Gasteiger partial charge < -0.3 is 5.32 Å². The summed E-state index contributed by atoms with van der Waals surface area (Å²) in [6.07, 6.45) is 9.50. The van der Waals surface area contributed by atoms with E-state index in [1.165, 1.54) is 24.2 Å². The summed E-state index contributed by atoms with van der Waals surface area (Å²) in [6.45, 7) is 3.20. The smallest absolute Gasteiger partial charge is 0.0756 e. The molecular formula is C13H19N3. The van der Waals surface area contributed by atoms with Crippen molar-refractivity contribution in [2.24, 2.45) is 24.8 Å². The van der Waals surface area contributed by atoms with Gasteiger partial charge in [0.15, 0.2) is 0 Å². The van der Waals surface area contributed by atoms with Crippen LogP contribution in [0.3, 0.4) is 0 Å². The number of nitrogens with one attached hydrogen (secondary N) is 1. The first-order valence-electron chi connectivity index (χ1n) is 6.15. The molecule has 0 aromatic carbocycles. The Morgan fingerprint density at radius 3 is 2.88 bits per heavy atom. The van der Waals surface area contributed by atoms with E-state index in [2.05, 4.69) is 29.5 Å². The summed E-state index contributed by atoms with van der Waals surface area (Å²) < 4.78 is 1.92. The van der Waals surface area contributed by atoms with Crippen molar-refractivity contribution in [3.63, 3.8) is 0 Å². The minimum absolute atomic E-state index is 0.828. The minimum Gasteiger partial charge on any atom is -0.382 e. The lowest BCUT2D eigenvalue weighted by molar-refractivity contribution is 0.472. The largest absolute Gasteiger partial charge is 0.382 e. The Hall–Kier alpha value is -1.25. The maximum atomic E-state index is 4.25. The Balaban J connectivity index is 1.61. The second kappa shape index (κ2) is 3.65. The van der Waals surface area contributed by atoms with Crippen LogP contribution in [0.15, 0.2) is 18.3 Å². The van der Waals surface area contributed by atoms with Crippen molar-refractivity contribution >= 4 is 5.69 Å². The predicted molar refractivity (Wildman–Crippen MR) is 65.3 cm³/mol. The molecule has 0 aliphatic heterocycles. The van der Waals surface area contributed by atoms with Crippen LogP contribution in [0.25, 0.3) is 0 Å². The molecule has 1 fully saturated rings. The summed E-state index contributed by atoms with van der Waals surface area (Å²) in [5.41, 5.74) is 2.41. The van der Waals surface area contributed by atoms with Gasteiger partial charge >= 0.3 is 0 Å². The van der Waals surface area contributed by atoms with Crippen molar-refractivity contribution in [2.45, 2.75) is 19.8 Å². The fourth-order valence-electron chi connectivity index (χ4n) is 3.04. The molecule has 0 radical (unpaired) electrons. The number of fused-ring (bicyclic) bond motifs is 2. The number of aromatic nitrogens is 2. The van der Waals surface area contributed by atoms with Crippen LogP contribution in [0.5, 0.6) is 0 Å². The minimum atomic E-state index is 0.828. The monoisotopic (exact) mass is 217 g/mol. The van der Waals surface area contributed by atoms with E-state index >= 15 is 0 Å². The van der Waals surface area contributed by atoms with Gasteiger partial charge in [0.2, 0.25) is 0 Å². The first kappa shape index (κ1) is 9.94. The van der Waals surface area contributed by atoms with Gasteiger partial charge in [-0.05, 0) is 37.5 Å². The standard InChI is InChI=1S/C13H19N3/c1-9-13(8-15-16(9)2)14-7-12-6-10-3-4-11(12)5-10/h3-4,8,10-12,14H,5-7H2,1-2H3. The van der Waals surface area contributed by atoms with Gasteiger partial charge in [-0.2, -0.15) is 5.10 Å². The van der Waals surface area contributed by atoms with E-state index in [9.17, 15) is 0 Å². The third-order valence-electron chi connectivity index (χ3n) is 4.21. The molecule has 1 aromatic heterocycles. The third-order valence-corrected chi connectivity index (χ3v) is 4.21. The molecule has 0 spiro atoms. The zero-order valence-corrected chi connectivity index (χ0v) is 9.98. The predicted octanol–water partition coefficient (Wildman–Crippen LogP) is 2.35. The molecule has 0 amide bonds. The maximum Gasteiger partial charge on any atom is 0.0756 e. The number of allylic oxidation sites excluding steroid dienone is 2. The van der Waals surface area contributed by atoms with Crippen molar-refractivity contribution in [3.05, 3.63) is 24.0 Å². The first-order valence-corrected chi connectivity index (χ1v) is 6.15. The number of hydrogen-bond donors (Lipinski definition) is 1. The molecule has 2 bridgehead atoms. The Bertz CT molecular complexity index is 419. The summed E-state index contributed by atoms with van der Waals surface area (Å²) >= 11 is 0. The molecule has 2 aliphatic rings. The van der Waals surface area contributed by atoms with Crippen LogP contribution < -0.4 is 5.32 Å². The molecule has 86 valence electrons. The van der Waals surface area contributed by atoms with Crippen LogP contribution in [0.4, 0.5) is 5.69 Å². The highest BCUT2D eigenvalue weighted by Crippen LogP contribution is 2.43. The van der Waals surface area contributed by atoms with Crippen molar-refractivity contribution in [3.8, 4) is 0 Å². The van der Waals surface area contributed by atoms with E-state index in [0.29, 0.717) is 0 Å². The molecule has 2 aliphatic carbocycles. The van der Waals surface area contributed by atoms with Crippen molar-refractivity contribution < 1.29 is 0 Å². The zero-order chi connectivity index (χ0) is 11.1. The van der Waals surface area contributed by atoms with Crippen LogP contribution in [0.2, 0.25) is 0 Å². The second-order valence-electron chi connectivity index (χ2n) is 5.19. The van der Waals surface area contributed by atoms with Gasteiger partial charge in [0.25, 0.3) is 0 Å². The van der Waals surface area contributed by atoms with Crippen molar-refractivity contribution in [1.82, 2.24) is 9.78 Å². The van der Waals surface area contributed by atoms with Gasteiger partial charge in [0.05, 0.1) is 17.6 Å². The Kier molecular flexibility index (Phi) is 2.27. The molecule has 3 unspecified atom stereocenters. The van der Waals surface area contributed by atoms with Gasteiger partial charge in [0.1, 0.15) is 0 Å². The van der Waals surface area contributed by atoms with E-state index in [0.717, 1.165) is 24.3 Å². The summed E-state index contributed by atoms with van der Waals surface area (Å²) in [5, 5.41) is 7.79. The lowest BCUT2D eigenvalue weighted by Gasteiger charge is -2.18. The molecule has 1 heterocycles. The summed E-state index contributed by atoms with van der Waals surface area (Å²) in [4.78, 5) is 0. The molecule has 3 rings (SSSR count). The molecule has 1 saturated carbocycles. The van der Waals surface area contributed by atoms with E-state index in [1.54, 1.807) is 0 Å². The van der Waals surface area contributed by atoms with Crippen molar-refractivity contribution in [2.75, 3.05) is 11.9 Å². The number of nitrogens with zero attached hydrogens (tertiary/aromatic N) is 2. The molecule has 3 atom stereocenters.